The van der Waals surface area contributed by atoms with Crippen molar-refractivity contribution in [2.45, 2.75) is 38.8 Å². The summed E-state index contributed by atoms with van der Waals surface area (Å²) in [5.41, 5.74) is 7.41. The van der Waals surface area contributed by atoms with Crippen LogP contribution in [0.25, 0.3) is 0 Å². The van der Waals surface area contributed by atoms with Gasteiger partial charge in [-0.05, 0) is 31.9 Å². The number of ether oxygens (including phenoxy) is 1. The number of rotatable bonds is 5. The van der Waals surface area contributed by atoms with Crippen molar-refractivity contribution in [3.63, 3.8) is 0 Å². The minimum Gasteiger partial charge on any atom is -0.454 e. The van der Waals surface area contributed by atoms with Crippen molar-refractivity contribution in [3.8, 4) is 0 Å². The van der Waals surface area contributed by atoms with E-state index in [1.807, 2.05) is 6.07 Å². The van der Waals surface area contributed by atoms with Crippen molar-refractivity contribution in [2.24, 2.45) is 5.73 Å². The van der Waals surface area contributed by atoms with Crippen LogP contribution in [0, 0.1) is 6.92 Å². The molecule has 21 heavy (non-hydrogen) atoms. The Morgan fingerprint density at radius 1 is 1.38 bits per heavy atom. The molecule has 1 aliphatic rings. The molecule has 0 spiro atoms. The average Bonchev–Trinajstić information content (AvgIpc) is 2.45. The summed E-state index contributed by atoms with van der Waals surface area (Å²) in [7, 11) is 0. The molecule has 114 valence electrons. The Morgan fingerprint density at radius 2 is 2.19 bits per heavy atom. The zero-order valence-electron chi connectivity index (χ0n) is 12.4. The molecule has 0 unspecified atom stereocenters. The van der Waals surface area contributed by atoms with Crippen molar-refractivity contribution in [3.05, 3.63) is 35.4 Å². The fraction of sp³-hybridized carbons (Fsp3) is 0.500. The number of likely N-dealkylation sites (tertiary alicyclic amines) is 1. The third kappa shape index (κ3) is 4.56. The van der Waals surface area contributed by atoms with E-state index in [1.54, 1.807) is 0 Å². The molecule has 1 fully saturated rings. The van der Waals surface area contributed by atoms with E-state index < -0.39 is 5.91 Å². The largest absolute Gasteiger partial charge is 0.454 e. The number of amides is 1. The number of benzene rings is 1. The number of nitrogens with zero attached hydrogens (tertiary/aromatic N) is 1. The third-order valence-corrected chi connectivity index (χ3v) is 3.71. The second-order valence-corrected chi connectivity index (χ2v) is 5.55. The minimum atomic E-state index is -0.621. The third-order valence-electron chi connectivity index (χ3n) is 3.71. The van der Waals surface area contributed by atoms with E-state index in [0.29, 0.717) is 0 Å². The SMILES string of the molecule is Cc1cccc(CN2CCCC[C@H]2C(=O)OCC(N)=O)c1. The smallest absolute Gasteiger partial charge is 0.323 e. The molecule has 0 aliphatic carbocycles. The summed E-state index contributed by atoms with van der Waals surface area (Å²) in [6, 6.07) is 7.99. The first-order valence-corrected chi connectivity index (χ1v) is 7.31. The van der Waals surface area contributed by atoms with Crippen LogP contribution in [0.1, 0.15) is 30.4 Å². The van der Waals surface area contributed by atoms with Gasteiger partial charge in [0.25, 0.3) is 5.91 Å². The van der Waals surface area contributed by atoms with Crippen molar-refractivity contribution in [2.75, 3.05) is 13.2 Å². The van der Waals surface area contributed by atoms with E-state index >= 15 is 0 Å². The summed E-state index contributed by atoms with van der Waals surface area (Å²) in [5, 5.41) is 0. The number of carbonyl (C=O) groups excluding carboxylic acids is 2. The van der Waals surface area contributed by atoms with E-state index in [0.717, 1.165) is 32.4 Å². The van der Waals surface area contributed by atoms with E-state index in [9.17, 15) is 9.59 Å². The van der Waals surface area contributed by atoms with Crippen LogP contribution in [0.5, 0.6) is 0 Å². The molecule has 2 rings (SSSR count). The number of primary amides is 1. The van der Waals surface area contributed by atoms with Crippen LogP contribution in [0.15, 0.2) is 24.3 Å². The van der Waals surface area contributed by atoms with E-state index in [1.165, 1.54) is 11.1 Å². The molecule has 1 aromatic rings. The number of esters is 1. The quantitative estimate of drug-likeness (QED) is 0.831. The van der Waals surface area contributed by atoms with Gasteiger partial charge < -0.3 is 10.5 Å². The fourth-order valence-electron chi connectivity index (χ4n) is 2.73. The molecular formula is C16H22N2O3. The predicted molar refractivity (Wildman–Crippen MR) is 79.4 cm³/mol. The summed E-state index contributed by atoms with van der Waals surface area (Å²) in [6.45, 7) is 3.30. The van der Waals surface area contributed by atoms with Gasteiger partial charge in [-0.2, -0.15) is 0 Å². The maximum absolute atomic E-state index is 12.1. The van der Waals surface area contributed by atoms with Gasteiger partial charge in [0.2, 0.25) is 0 Å². The zero-order valence-corrected chi connectivity index (χ0v) is 12.4. The number of aryl methyl sites for hydroxylation is 1. The molecule has 0 radical (unpaired) electrons. The molecule has 1 aliphatic heterocycles. The van der Waals surface area contributed by atoms with Gasteiger partial charge in [0.15, 0.2) is 6.61 Å². The van der Waals surface area contributed by atoms with Gasteiger partial charge in [0.05, 0.1) is 0 Å². The van der Waals surface area contributed by atoms with Gasteiger partial charge in [-0.1, -0.05) is 36.2 Å². The first-order valence-electron chi connectivity index (χ1n) is 7.31. The van der Waals surface area contributed by atoms with Crippen LogP contribution < -0.4 is 5.73 Å². The Labute approximate surface area is 125 Å². The summed E-state index contributed by atoms with van der Waals surface area (Å²) in [4.78, 5) is 25.0. The van der Waals surface area contributed by atoms with Crippen LogP contribution in [0.3, 0.4) is 0 Å². The number of nitrogens with two attached hydrogens (primary N) is 1. The molecule has 1 amide bonds. The summed E-state index contributed by atoms with van der Waals surface area (Å²) < 4.78 is 4.98. The van der Waals surface area contributed by atoms with Gasteiger partial charge in [-0.25, -0.2) is 0 Å². The fourth-order valence-corrected chi connectivity index (χ4v) is 2.73. The molecule has 0 bridgehead atoms. The molecule has 5 nitrogen and oxygen atoms in total. The maximum Gasteiger partial charge on any atom is 0.323 e. The van der Waals surface area contributed by atoms with Crippen LogP contribution in [0.4, 0.5) is 0 Å². The summed E-state index contributed by atoms with van der Waals surface area (Å²) >= 11 is 0. The van der Waals surface area contributed by atoms with Gasteiger partial charge in [-0.15, -0.1) is 0 Å². The van der Waals surface area contributed by atoms with Gasteiger partial charge in [0.1, 0.15) is 6.04 Å². The van der Waals surface area contributed by atoms with E-state index in [2.05, 4.69) is 30.0 Å². The monoisotopic (exact) mass is 290 g/mol. The van der Waals surface area contributed by atoms with Crippen LogP contribution in [-0.2, 0) is 20.9 Å². The average molecular weight is 290 g/mol. The van der Waals surface area contributed by atoms with Crippen LogP contribution >= 0.6 is 0 Å². The Bertz CT molecular complexity index is 516. The predicted octanol–water partition coefficient (Wildman–Crippen LogP) is 1.38. The molecule has 0 aromatic heterocycles. The molecule has 5 heteroatoms. The highest BCUT2D eigenvalue weighted by Gasteiger charge is 2.30. The Morgan fingerprint density at radius 3 is 2.90 bits per heavy atom. The lowest BCUT2D eigenvalue weighted by atomic mass is 10.0. The first kappa shape index (κ1) is 15.5. The molecule has 1 saturated heterocycles. The number of hydrogen-bond donors (Lipinski definition) is 1. The highest BCUT2D eigenvalue weighted by atomic mass is 16.5. The number of piperidine rings is 1. The second-order valence-electron chi connectivity index (χ2n) is 5.55. The standard InChI is InChI=1S/C16H22N2O3/c1-12-5-4-6-13(9-12)10-18-8-3-2-7-14(18)16(20)21-11-15(17)19/h4-6,9,14H,2-3,7-8,10-11H2,1H3,(H2,17,19)/t14-/m0/s1. The first-order chi connectivity index (χ1) is 10.1. The Kier molecular flexibility index (Phi) is 5.33. The lowest BCUT2D eigenvalue weighted by molar-refractivity contribution is -0.154. The zero-order chi connectivity index (χ0) is 15.2. The number of hydrogen-bond acceptors (Lipinski definition) is 4. The second kappa shape index (κ2) is 7.22. The van der Waals surface area contributed by atoms with Crippen molar-refractivity contribution < 1.29 is 14.3 Å². The van der Waals surface area contributed by atoms with Crippen molar-refractivity contribution in [1.82, 2.24) is 4.90 Å². The normalized spacial score (nSPS) is 19.2. The molecule has 0 saturated carbocycles. The maximum atomic E-state index is 12.1. The van der Waals surface area contributed by atoms with Crippen molar-refractivity contribution in [1.29, 1.82) is 0 Å². The van der Waals surface area contributed by atoms with E-state index in [-0.39, 0.29) is 18.6 Å². The topological polar surface area (TPSA) is 72.6 Å². The number of carbonyl (C=O) groups is 2. The summed E-state index contributed by atoms with van der Waals surface area (Å²) in [5.74, 6) is -0.967. The Hall–Kier alpha value is -1.88. The highest BCUT2D eigenvalue weighted by Crippen LogP contribution is 2.21. The summed E-state index contributed by atoms with van der Waals surface area (Å²) in [6.07, 6.45) is 2.84. The lowest BCUT2D eigenvalue weighted by Gasteiger charge is -2.34. The van der Waals surface area contributed by atoms with E-state index in [4.69, 9.17) is 10.5 Å². The van der Waals surface area contributed by atoms with Gasteiger partial charge in [0, 0.05) is 6.54 Å². The van der Waals surface area contributed by atoms with Crippen LogP contribution in [-0.4, -0.2) is 36.0 Å². The Balaban J connectivity index is 2.01. The molecule has 1 heterocycles. The van der Waals surface area contributed by atoms with Crippen molar-refractivity contribution >= 4 is 11.9 Å². The molecular weight excluding hydrogens is 268 g/mol. The minimum absolute atomic E-state index is 0.279. The van der Waals surface area contributed by atoms with Crippen LogP contribution in [0.2, 0.25) is 0 Å². The highest BCUT2D eigenvalue weighted by molar-refractivity contribution is 5.81. The molecule has 1 atom stereocenters. The van der Waals surface area contributed by atoms with Gasteiger partial charge >= 0.3 is 5.97 Å². The lowest BCUT2D eigenvalue weighted by Crippen LogP contribution is -2.45. The molecule has 2 N–H and O–H groups in total. The van der Waals surface area contributed by atoms with Gasteiger partial charge in [-0.3, -0.25) is 14.5 Å². The molecule has 1 aromatic carbocycles.